The molecule has 3 nitrogen and oxygen atoms in total. The van der Waals surface area contributed by atoms with Gasteiger partial charge in [0.25, 0.3) is 0 Å². The molecule has 0 unspecified atom stereocenters. The number of carboxylic acid groups (broad SMARTS) is 1. The Morgan fingerprint density at radius 1 is 0.815 bits per heavy atom. The zero-order valence-corrected chi connectivity index (χ0v) is 15.0. The average molecular weight is 356 g/mol. The van der Waals surface area contributed by atoms with Crippen molar-refractivity contribution in [2.24, 2.45) is 0 Å². The molecule has 3 rings (SSSR count). The Morgan fingerprint density at radius 2 is 1.44 bits per heavy atom. The van der Waals surface area contributed by atoms with Crippen LogP contribution in [0.2, 0.25) is 0 Å². The number of aliphatic carboxylic acids is 1. The summed E-state index contributed by atoms with van der Waals surface area (Å²) in [5.74, 6) is -0.718. The summed E-state index contributed by atoms with van der Waals surface area (Å²) in [5, 5.41) is 9.02. The van der Waals surface area contributed by atoms with Crippen LogP contribution in [0.3, 0.4) is 0 Å². The second-order valence-electron chi connectivity index (χ2n) is 5.96. The smallest absolute Gasteiger partial charge is 0.332 e. The maximum Gasteiger partial charge on any atom is 0.332 e. The lowest BCUT2D eigenvalue weighted by Crippen LogP contribution is -1.96. The van der Waals surface area contributed by atoms with E-state index in [1.54, 1.807) is 0 Å². The van der Waals surface area contributed by atoms with Crippen LogP contribution < -0.4 is 0 Å². The fourth-order valence-corrected chi connectivity index (χ4v) is 2.83. The summed E-state index contributed by atoms with van der Waals surface area (Å²) in [6.45, 7) is 0. The predicted octanol–water partition coefficient (Wildman–Crippen LogP) is 5.60. The standard InChI is InChI=1S/C24H20O3/c1-27-23(17-24(25)26)22-10-6-5-9-21(22)16-13-18-11-14-20(15-12-18)19-7-3-2-4-8-19/h2-17H,1H3,(H,25,26)/b16-13+,23-17-. The van der Waals surface area contributed by atoms with E-state index in [4.69, 9.17) is 9.84 Å². The summed E-state index contributed by atoms with van der Waals surface area (Å²) in [6, 6.07) is 26.1. The van der Waals surface area contributed by atoms with Crippen LogP contribution >= 0.6 is 0 Å². The van der Waals surface area contributed by atoms with E-state index in [-0.39, 0.29) is 0 Å². The van der Waals surface area contributed by atoms with Crippen molar-refractivity contribution in [2.75, 3.05) is 7.11 Å². The summed E-state index contributed by atoms with van der Waals surface area (Å²) in [7, 11) is 1.47. The van der Waals surface area contributed by atoms with Crippen molar-refractivity contribution in [3.8, 4) is 11.1 Å². The quantitative estimate of drug-likeness (QED) is 0.355. The van der Waals surface area contributed by atoms with Gasteiger partial charge in [-0.25, -0.2) is 4.79 Å². The van der Waals surface area contributed by atoms with Crippen molar-refractivity contribution >= 4 is 23.9 Å². The molecule has 0 aliphatic carbocycles. The highest BCUT2D eigenvalue weighted by atomic mass is 16.5. The summed E-state index contributed by atoms with van der Waals surface area (Å²) in [4.78, 5) is 11.0. The molecule has 3 aromatic carbocycles. The third kappa shape index (κ3) is 4.73. The van der Waals surface area contributed by atoms with Gasteiger partial charge < -0.3 is 9.84 Å². The average Bonchev–Trinajstić information content (AvgIpc) is 2.72. The molecule has 134 valence electrons. The highest BCUT2D eigenvalue weighted by Gasteiger charge is 2.07. The monoisotopic (exact) mass is 356 g/mol. The van der Waals surface area contributed by atoms with E-state index in [9.17, 15) is 4.79 Å². The van der Waals surface area contributed by atoms with Crippen LogP contribution in [0.1, 0.15) is 16.7 Å². The van der Waals surface area contributed by atoms with Crippen LogP contribution in [-0.4, -0.2) is 18.2 Å². The molecule has 27 heavy (non-hydrogen) atoms. The SMILES string of the molecule is CO/C(=C\C(=O)O)c1ccccc1/C=C/c1ccc(-c2ccccc2)cc1. The van der Waals surface area contributed by atoms with Gasteiger partial charge in [0.05, 0.1) is 13.2 Å². The lowest BCUT2D eigenvalue weighted by atomic mass is 10.0. The maximum absolute atomic E-state index is 11.0. The zero-order chi connectivity index (χ0) is 19.1. The molecule has 0 aliphatic heterocycles. The lowest BCUT2D eigenvalue weighted by Gasteiger charge is -2.09. The van der Waals surface area contributed by atoms with Crippen LogP contribution in [-0.2, 0) is 9.53 Å². The molecule has 0 saturated carbocycles. The first-order valence-corrected chi connectivity index (χ1v) is 8.59. The van der Waals surface area contributed by atoms with E-state index in [1.165, 1.54) is 18.2 Å². The minimum atomic E-state index is -1.04. The first-order chi connectivity index (χ1) is 13.2. The predicted molar refractivity (Wildman–Crippen MR) is 110 cm³/mol. The third-order valence-electron chi connectivity index (χ3n) is 4.17. The van der Waals surface area contributed by atoms with Crippen LogP contribution in [0.5, 0.6) is 0 Å². The Morgan fingerprint density at radius 3 is 2.11 bits per heavy atom. The van der Waals surface area contributed by atoms with Crippen molar-refractivity contribution in [2.45, 2.75) is 0 Å². The zero-order valence-electron chi connectivity index (χ0n) is 15.0. The summed E-state index contributed by atoms with van der Waals surface area (Å²) in [6.07, 6.45) is 5.03. The molecular weight excluding hydrogens is 336 g/mol. The summed E-state index contributed by atoms with van der Waals surface area (Å²) >= 11 is 0. The normalized spacial score (nSPS) is 11.5. The van der Waals surface area contributed by atoms with Gasteiger partial charge in [-0.2, -0.15) is 0 Å². The molecule has 3 heteroatoms. The number of ether oxygens (including phenoxy) is 1. The first kappa shape index (κ1) is 18.2. The van der Waals surface area contributed by atoms with Crippen molar-refractivity contribution in [1.29, 1.82) is 0 Å². The summed E-state index contributed by atoms with van der Waals surface area (Å²) in [5.41, 5.74) is 5.03. The molecule has 0 amide bonds. The van der Waals surface area contributed by atoms with Gasteiger partial charge in [0, 0.05) is 5.56 Å². The van der Waals surface area contributed by atoms with Gasteiger partial charge in [-0.3, -0.25) is 0 Å². The number of carboxylic acids is 1. The number of carbonyl (C=O) groups is 1. The molecule has 1 N–H and O–H groups in total. The molecule has 3 aromatic rings. The Labute approximate surface area is 158 Å². The van der Waals surface area contributed by atoms with E-state index in [2.05, 4.69) is 36.4 Å². The Kier molecular flexibility index (Phi) is 5.85. The maximum atomic E-state index is 11.0. The number of hydrogen-bond donors (Lipinski definition) is 1. The van der Waals surface area contributed by atoms with Crippen molar-refractivity contribution in [1.82, 2.24) is 0 Å². The van der Waals surface area contributed by atoms with Gasteiger partial charge in [-0.05, 0) is 22.3 Å². The van der Waals surface area contributed by atoms with Gasteiger partial charge in [-0.15, -0.1) is 0 Å². The van der Waals surface area contributed by atoms with Crippen molar-refractivity contribution in [3.05, 3.63) is 102 Å². The first-order valence-electron chi connectivity index (χ1n) is 8.59. The fourth-order valence-electron chi connectivity index (χ4n) is 2.83. The van der Waals surface area contributed by atoms with E-state index in [1.807, 2.05) is 54.6 Å². The largest absolute Gasteiger partial charge is 0.496 e. The molecule has 0 saturated heterocycles. The minimum Gasteiger partial charge on any atom is -0.496 e. The van der Waals surface area contributed by atoms with Gasteiger partial charge in [0.2, 0.25) is 0 Å². The Hall–Kier alpha value is -3.59. The van der Waals surface area contributed by atoms with Gasteiger partial charge in [-0.1, -0.05) is 91.0 Å². The fraction of sp³-hybridized carbons (Fsp3) is 0.0417. The van der Waals surface area contributed by atoms with Gasteiger partial charge in [0.1, 0.15) is 5.76 Å². The second-order valence-corrected chi connectivity index (χ2v) is 5.96. The van der Waals surface area contributed by atoms with Gasteiger partial charge in [0.15, 0.2) is 0 Å². The van der Waals surface area contributed by atoms with Crippen molar-refractivity contribution in [3.63, 3.8) is 0 Å². The highest BCUT2D eigenvalue weighted by Crippen LogP contribution is 2.23. The molecule has 0 aliphatic rings. The lowest BCUT2D eigenvalue weighted by molar-refractivity contribution is -0.131. The van der Waals surface area contributed by atoms with Crippen LogP contribution in [0.4, 0.5) is 0 Å². The highest BCUT2D eigenvalue weighted by molar-refractivity contribution is 5.90. The van der Waals surface area contributed by atoms with Crippen molar-refractivity contribution < 1.29 is 14.6 Å². The van der Waals surface area contributed by atoms with E-state index >= 15 is 0 Å². The van der Waals surface area contributed by atoms with Gasteiger partial charge >= 0.3 is 5.97 Å². The van der Waals surface area contributed by atoms with Crippen LogP contribution in [0.15, 0.2) is 84.9 Å². The molecule has 0 bridgehead atoms. The minimum absolute atomic E-state index is 0.321. The van der Waals surface area contributed by atoms with E-state index in [0.717, 1.165) is 22.8 Å². The topological polar surface area (TPSA) is 46.5 Å². The number of benzene rings is 3. The molecular formula is C24H20O3. The molecule has 0 heterocycles. The number of methoxy groups -OCH3 is 1. The Bertz CT molecular complexity index is 968. The molecule has 0 fully saturated rings. The molecule has 0 radical (unpaired) electrons. The molecule has 0 atom stereocenters. The van der Waals surface area contributed by atoms with Crippen LogP contribution in [0, 0.1) is 0 Å². The molecule has 0 spiro atoms. The number of rotatable bonds is 6. The Balaban J connectivity index is 1.86. The van der Waals surface area contributed by atoms with Crippen LogP contribution in [0.25, 0.3) is 29.0 Å². The third-order valence-corrected chi connectivity index (χ3v) is 4.17. The number of hydrogen-bond acceptors (Lipinski definition) is 2. The second kappa shape index (κ2) is 8.68. The molecule has 0 aromatic heterocycles. The van der Waals surface area contributed by atoms with E-state index < -0.39 is 5.97 Å². The van der Waals surface area contributed by atoms with E-state index in [0.29, 0.717) is 5.76 Å². The summed E-state index contributed by atoms with van der Waals surface area (Å²) < 4.78 is 5.25.